The molecule has 0 aliphatic rings. The average molecular weight is 394 g/mol. The molecule has 130 valence electrons. The predicted molar refractivity (Wildman–Crippen MR) is 73.8 cm³/mol. The number of allylic oxidation sites excluding steroid dienone is 2. The highest BCUT2D eigenvalue weighted by Gasteiger charge is 2.25. The first-order chi connectivity index (χ1) is 10.5. The zero-order valence-electron chi connectivity index (χ0n) is 11.2. The van der Waals surface area contributed by atoms with Crippen LogP contribution in [0.2, 0.25) is 0 Å². The fraction of sp³-hybridized carbons (Fsp3) is 0.400. The standard InChI is InChI=1S/C10H10F4N2O4S3/c11-7(12)3-1-5-22(17,18)9-15-16-10(21-9)23(19,20)6-2-4-8(13)14/h3-4H,1-2,5-6H2. The summed E-state index contributed by atoms with van der Waals surface area (Å²) in [6, 6.07) is 0. The predicted octanol–water partition coefficient (Wildman–Crippen LogP) is 2.43. The van der Waals surface area contributed by atoms with Crippen molar-refractivity contribution in [1.29, 1.82) is 0 Å². The second kappa shape index (κ2) is 7.97. The number of hydrogen-bond donors (Lipinski definition) is 0. The average Bonchev–Trinajstić information content (AvgIpc) is 2.88. The summed E-state index contributed by atoms with van der Waals surface area (Å²) in [5.74, 6) is -1.37. The molecule has 0 aliphatic carbocycles. The van der Waals surface area contributed by atoms with Crippen LogP contribution in [0.15, 0.2) is 33.0 Å². The van der Waals surface area contributed by atoms with Gasteiger partial charge >= 0.3 is 0 Å². The van der Waals surface area contributed by atoms with Crippen LogP contribution in [0, 0.1) is 0 Å². The van der Waals surface area contributed by atoms with Crippen LogP contribution in [0.4, 0.5) is 17.6 Å². The van der Waals surface area contributed by atoms with Gasteiger partial charge in [-0.05, 0) is 25.0 Å². The molecule has 0 spiro atoms. The first-order valence-corrected chi connectivity index (χ1v) is 9.98. The highest BCUT2D eigenvalue weighted by molar-refractivity contribution is 7.95. The lowest BCUT2D eigenvalue weighted by atomic mass is 10.5. The lowest BCUT2D eigenvalue weighted by Gasteiger charge is -1.97. The molecule has 0 unspecified atom stereocenters. The number of halogens is 4. The van der Waals surface area contributed by atoms with E-state index in [9.17, 15) is 34.4 Å². The van der Waals surface area contributed by atoms with E-state index in [1.54, 1.807) is 0 Å². The Labute approximate surface area is 133 Å². The lowest BCUT2D eigenvalue weighted by molar-refractivity contribution is 0.417. The minimum Gasteiger partial charge on any atom is -0.221 e. The molecule has 0 saturated heterocycles. The van der Waals surface area contributed by atoms with E-state index >= 15 is 0 Å². The number of sulfone groups is 2. The third kappa shape index (κ3) is 6.35. The Morgan fingerprint density at radius 2 is 1.17 bits per heavy atom. The van der Waals surface area contributed by atoms with E-state index in [0.717, 1.165) is 0 Å². The van der Waals surface area contributed by atoms with Crippen LogP contribution in [0.5, 0.6) is 0 Å². The lowest BCUT2D eigenvalue weighted by Crippen LogP contribution is -2.05. The van der Waals surface area contributed by atoms with Crippen LogP contribution in [-0.4, -0.2) is 38.5 Å². The summed E-state index contributed by atoms with van der Waals surface area (Å²) in [4.78, 5) is 0. The quantitative estimate of drug-likeness (QED) is 0.629. The van der Waals surface area contributed by atoms with Crippen molar-refractivity contribution in [2.75, 3.05) is 11.5 Å². The zero-order valence-corrected chi connectivity index (χ0v) is 13.7. The van der Waals surface area contributed by atoms with Crippen molar-refractivity contribution in [1.82, 2.24) is 10.2 Å². The Morgan fingerprint density at radius 1 is 0.826 bits per heavy atom. The molecule has 1 aromatic heterocycles. The minimum atomic E-state index is -4.06. The maximum atomic E-state index is 11.9. The summed E-state index contributed by atoms with van der Waals surface area (Å²) in [7, 11) is -8.12. The highest BCUT2D eigenvalue weighted by Crippen LogP contribution is 2.23. The molecule has 0 bridgehead atoms. The summed E-state index contributed by atoms with van der Waals surface area (Å²) < 4.78 is 93.3. The van der Waals surface area contributed by atoms with Crippen molar-refractivity contribution in [3.8, 4) is 0 Å². The second-order valence-electron chi connectivity index (χ2n) is 4.04. The van der Waals surface area contributed by atoms with Crippen molar-refractivity contribution in [3.63, 3.8) is 0 Å². The van der Waals surface area contributed by atoms with Crippen molar-refractivity contribution in [2.24, 2.45) is 0 Å². The fourth-order valence-electron chi connectivity index (χ4n) is 1.27. The molecular weight excluding hydrogens is 384 g/mol. The van der Waals surface area contributed by atoms with E-state index in [-0.39, 0.29) is 11.3 Å². The van der Waals surface area contributed by atoms with E-state index in [1.807, 2.05) is 0 Å². The van der Waals surface area contributed by atoms with Gasteiger partial charge in [-0.2, -0.15) is 17.6 Å². The Bertz CT molecular complexity index is 740. The van der Waals surface area contributed by atoms with Gasteiger partial charge in [0.1, 0.15) is 0 Å². The SMILES string of the molecule is O=S(=O)(CCC=C(F)F)c1nnc(S(=O)(=O)CCC=C(F)F)s1. The third-order valence-corrected chi connectivity index (χ3v) is 7.60. The summed E-state index contributed by atoms with van der Waals surface area (Å²) in [5.41, 5.74) is 0. The Balaban J connectivity index is 2.88. The largest absolute Gasteiger partial charge is 0.266 e. The number of hydrogen-bond acceptors (Lipinski definition) is 7. The highest BCUT2D eigenvalue weighted by atomic mass is 32.3. The van der Waals surface area contributed by atoms with Crippen LogP contribution in [0.25, 0.3) is 0 Å². The number of aromatic nitrogens is 2. The molecule has 6 nitrogen and oxygen atoms in total. The Kier molecular flexibility index (Phi) is 6.83. The molecule has 1 rings (SSSR count). The first-order valence-electron chi connectivity index (χ1n) is 5.86. The van der Waals surface area contributed by atoms with Gasteiger partial charge in [-0.1, -0.05) is 11.3 Å². The summed E-state index contributed by atoms with van der Waals surface area (Å²) in [6.45, 7) is 0. The minimum absolute atomic E-state index is 0.250. The molecule has 0 N–H and O–H groups in total. The molecule has 1 aromatic rings. The summed E-state index contributed by atoms with van der Waals surface area (Å²) in [6.07, 6.45) is -4.18. The maximum absolute atomic E-state index is 11.9. The van der Waals surface area contributed by atoms with Crippen molar-refractivity contribution >= 4 is 31.0 Å². The Hall–Kier alpha value is -1.34. The van der Waals surface area contributed by atoms with Gasteiger partial charge < -0.3 is 0 Å². The molecule has 0 fully saturated rings. The molecule has 1 heterocycles. The summed E-state index contributed by atoms with van der Waals surface area (Å²) in [5, 5.41) is 6.45. The molecule has 0 atom stereocenters. The summed E-state index contributed by atoms with van der Waals surface area (Å²) >= 11 is 0.250. The van der Waals surface area contributed by atoms with Gasteiger partial charge in [0, 0.05) is 0 Å². The zero-order chi connectivity index (χ0) is 17.7. The third-order valence-electron chi connectivity index (χ3n) is 2.29. The molecule has 0 radical (unpaired) electrons. The molecule has 0 saturated carbocycles. The molecule has 23 heavy (non-hydrogen) atoms. The van der Waals surface area contributed by atoms with Gasteiger partial charge in [0.2, 0.25) is 28.4 Å². The van der Waals surface area contributed by atoms with E-state index in [2.05, 4.69) is 10.2 Å². The van der Waals surface area contributed by atoms with E-state index in [0.29, 0.717) is 12.2 Å². The monoisotopic (exact) mass is 394 g/mol. The topological polar surface area (TPSA) is 94.1 Å². The van der Waals surface area contributed by atoms with Gasteiger partial charge in [-0.15, -0.1) is 10.2 Å². The fourth-order valence-corrected chi connectivity index (χ4v) is 5.27. The van der Waals surface area contributed by atoms with Gasteiger partial charge in [0.15, 0.2) is 0 Å². The van der Waals surface area contributed by atoms with E-state index < -0.39 is 64.9 Å². The molecule has 0 amide bonds. The van der Waals surface area contributed by atoms with E-state index in [1.165, 1.54) is 0 Å². The Morgan fingerprint density at radius 3 is 1.48 bits per heavy atom. The van der Waals surface area contributed by atoms with Gasteiger partial charge in [0.25, 0.3) is 12.2 Å². The molecule has 0 aromatic carbocycles. The van der Waals surface area contributed by atoms with Crippen LogP contribution >= 0.6 is 11.3 Å². The van der Waals surface area contributed by atoms with Crippen molar-refractivity contribution < 1.29 is 34.4 Å². The molecule has 13 heteroatoms. The van der Waals surface area contributed by atoms with Crippen LogP contribution in [-0.2, 0) is 19.7 Å². The maximum Gasteiger partial charge on any atom is 0.266 e. The normalized spacial score (nSPS) is 12.0. The number of nitrogens with zero attached hydrogens (tertiary/aromatic N) is 2. The van der Waals surface area contributed by atoms with Crippen molar-refractivity contribution in [3.05, 3.63) is 24.3 Å². The van der Waals surface area contributed by atoms with Crippen LogP contribution in [0.3, 0.4) is 0 Å². The molecule has 0 aliphatic heterocycles. The molecular formula is C10H10F4N2O4S3. The first kappa shape index (κ1) is 19.7. The number of rotatable bonds is 8. The van der Waals surface area contributed by atoms with E-state index in [4.69, 9.17) is 0 Å². The van der Waals surface area contributed by atoms with Crippen LogP contribution in [0.1, 0.15) is 12.8 Å². The van der Waals surface area contributed by atoms with Crippen molar-refractivity contribution in [2.45, 2.75) is 21.5 Å². The van der Waals surface area contributed by atoms with Gasteiger partial charge in [-0.3, -0.25) is 0 Å². The van der Waals surface area contributed by atoms with Crippen LogP contribution < -0.4 is 0 Å². The smallest absolute Gasteiger partial charge is 0.221 e. The second-order valence-corrected chi connectivity index (χ2v) is 9.58. The van der Waals surface area contributed by atoms with Gasteiger partial charge in [0.05, 0.1) is 11.5 Å². The van der Waals surface area contributed by atoms with Gasteiger partial charge in [-0.25, -0.2) is 16.8 Å².